The zero-order chi connectivity index (χ0) is 12.5. The number of carbonyl (C=O) groups is 1. The number of aliphatic carboxylic acids is 1. The van der Waals surface area contributed by atoms with E-state index in [1.807, 2.05) is 18.2 Å². The van der Waals surface area contributed by atoms with E-state index in [1.165, 1.54) is 12.7 Å². The van der Waals surface area contributed by atoms with Crippen LogP contribution in [0.4, 0.5) is 0 Å². The minimum absolute atomic E-state index is 0.195. The van der Waals surface area contributed by atoms with Gasteiger partial charge in [-0.3, -0.25) is 4.79 Å². The van der Waals surface area contributed by atoms with Crippen LogP contribution in [0, 0.1) is 0 Å². The van der Waals surface area contributed by atoms with Gasteiger partial charge in [0.1, 0.15) is 6.04 Å². The Morgan fingerprint density at radius 2 is 2.12 bits per heavy atom. The maximum absolute atomic E-state index is 10.8. The SMILES string of the molecule is COCC(NCCCc1ccccc1)C(=O)O. The van der Waals surface area contributed by atoms with E-state index in [0.717, 1.165) is 12.8 Å². The molecule has 94 valence electrons. The van der Waals surface area contributed by atoms with Gasteiger partial charge in [-0.1, -0.05) is 30.3 Å². The lowest BCUT2D eigenvalue weighted by atomic mass is 10.1. The van der Waals surface area contributed by atoms with Crippen LogP contribution in [-0.4, -0.2) is 37.4 Å². The third-order valence-electron chi connectivity index (χ3n) is 2.51. The predicted octanol–water partition coefficient (Wildman–Crippen LogP) is 1.31. The van der Waals surface area contributed by atoms with E-state index >= 15 is 0 Å². The molecule has 1 rings (SSSR count). The van der Waals surface area contributed by atoms with Crippen LogP contribution in [0.1, 0.15) is 12.0 Å². The molecule has 0 fully saturated rings. The lowest BCUT2D eigenvalue weighted by Crippen LogP contribution is -2.40. The van der Waals surface area contributed by atoms with Crippen molar-refractivity contribution < 1.29 is 14.6 Å². The minimum Gasteiger partial charge on any atom is -0.480 e. The average molecular weight is 237 g/mol. The van der Waals surface area contributed by atoms with Gasteiger partial charge >= 0.3 is 5.97 Å². The molecule has 4 heteroatoms. The molecule has 2 N–H and O–H groups in total. The first-order valence-electron chi connectivity index (χ1n) is 5.73. The molecule has 0 aliphatic rings. The summed E-state index contributed by atoms with van der Waals surface area (Å²) in [5, 5.41) is 11.8. The summed E-state index contributed by atoms with van der Waals surface area (Å²) in [6.07, 6.45) is 1.87. The molecule has 0 amide bonds. The van der Waals surface area contributed by atoms with Gasteiger partial charge in [-0.2, -0.15) is 0 Å². The number of ether oxygens (including phenoxy) is 1. The summed E-state index contributed by atoms with van der Waals surface area (Å²) >= 11 is 0. The van der Waals surface area contributed by atoms with Gasteiger partial charge in [-0.05, 0) is 24.9 Å². The molecule has 0 spiro atoms. The molecule has 0 aliphatic carbocycles. The molecule has 0 radical (unpaired) electrons. The number of benzene rings is 1. The number of carboxylic acid groups (broad SMARTS) is 1. The number of hydrogen-bond acceptors (Lipinski definition) is 3. The van der Waals surface area contributed by atoms with Crippen molar-refractivity contribution in [3.05, 3.63) is 35.9 Å². The number of carboxylic acids is 1. The van der Waals surface area contributed by atoms with Crippen molar-refractivity contribution in [2.45, 2.75) is 18.9 Å². The number of methoxy groups -OCH3 is 1. The number of rotatable bonds is 8. The lowest BCUT2D eigenvalue weighted by molar-refractivity contribution is -0.140. The van der Waals surface area contributed by atoms with E-state index in [4.69, 9.17) is 9.84 Å². The predicted molar refractivity (Wildman–Crippen MR) is 66.1 cm³/mol. The average Bonchev–Trinajstić information content (AvgIpc) is 2.34. The largest absolute Gasteiger partial charge is 0.480 e. The normalized spacial score (nSPS) is 12.3. The summed E-state index contributed by atoms with van der Waals surface area (Å²) in [5.74, 6) is -0.869. The van der Waals surface area contributed by atoms with Crippen molar-refractivity contribution in [1.29, 1.82) is 0 Å². The molecule has 0 bridgehead atoms. The fourth-order valence-electron chi connectivity index (χ4n) is 1.60. The van der Waals surface area contributed by atoms with Crippen molar-refractivity contribution in [2.75, 3.05) is 20.3 Å². The molecule has 0 saturated heterocycles. The highest BCUT2D eigenvalue weighted by Crippen LogP contribution is 2.01. The van der Waals surface area contributed by atoms with Crippen LogP contribution < -0.4 is 5.32 Å². The van der Waals surface area contributed by atoms with Gasteiger partial charge in [0.2, 0.25) is 0 Å². The van der Waals surface area contributed by atoms with Gasteiger partial charge in [-0.25, -0.2) is 0 Å². The molecule has 0 heterocycles. The van der Waals surface area contributed by atoms with E-state index < -0.39 is 12.0 Å². The Morgan fingerprint density at radius 3 is 2.71 bits per heavy atom. The summed E-state index contributed by atoms with van der Waals surface area (Å²) in [6.45, 7) is 0.871. The third kappa shape index (κ3) is 5.47. The van der Waals surface area contributed by atoms with E-state index in [1.54, 1.807) is 0 Å². The third-order valence-corrected chi connectivity index (χ3v) is 2.51. The number of aryl methyl sites for hydroxylation is 1. The number of nitrogens with one attached hydrogen (secondary N) is 1. The van der Waals surface area contributed by atoms with Crippen LogP contribution in [0.2, 0.25) is 0 Å². The molecular weight excluding hydrogens is 218 g/mol. The maximum Gasteiger partial charge on any atom is 0.323 e. The van der Waals surface area contributed by atoms with E-state index in [2.05, 4.69) is 17.4 Å². The Labute approximate surface area is 102 Å². The monoisotopic (exact) mass is 237 g/mol. The second-order valence-corrected chi connectivity index (χ2v) is 3.89. The first-order chi connectivity index (χ1) is 8.24. The van der Waals surface area contributed by atoms with Gasteiger partial charge in [0.15, 0.2) is 0 Å². The van der Waals surface area contributed by atoms with Gasteiger partial charge in [0, 0.05) is 7.11 Å². The number of hydrogen-bond donors (Lipinski definition) is 2. The van der Waals surface area contributed by atoms with E-state index in [0.29, 0.717) is 6.54 Å². The highest BCUT2D eigenvalue weighted by atomic mass is 16.5. The van der Waals surface area contributed by atoms with Crippen molar-refractivity contribution in [3.8, 4) is 0 Å². The summed E-state index contributed by atoms with van der Waals surface area (Å²) in [7, 11) is 1.50. The molecule has 1 atom stereocenters. The Hall–Kier alpha value is -1.39. The van der Waals surface area contributed by atoms with Crippen LogP contribution in [0.5, 0.6) is 0 Å². The summed E-state index contributed by atoms with van der Waals surface area (Å²) in [5.41, 5.74) is 1.27. The minimum atomic E-state index is -0.869. The highest BCUT2D eigenvalue weighted by Gasteiger charge is 2.15. The standard InChI is InChI=1S/C13H19NO3/c1-17-10-12(13(15)16)14-9-5-8-11-6-3-2-4-7-11/h2-4,6-7,12,14H,5,8-10H2,1H3,(H,15,16). The summed E-state index contributed by atoms with van der Waals surface area (Å²) < 4.78 is 4.84. The van der Waals surface area contributed by atoms with Crippen molar-refractivity contribution in [3.63, 3.8) is 0 Å². The fraction of sp³-hybridized carbons (Fsp3) is 0.462. The van der Waals surface area contributed by atoms with E-state index in [-0.39, 0.29) is 6.61 Å². The first kappa shape index (κ1) is 13.7. The van der Waals surface area contributed by atoms with Gasteiger partial charge < -0.3 is 15.2 Å². The molecule has 0 aliphatic heterocycles. The van der Waals surface area contributed by atoms with Crippen LogP contribution >= 0.6 is 0 Å². The molecule has 1 aromatic carbocycles. The van der Waals surface area contributed by atoms with E-state index in [9.17, 15) is 4.79 Å². The smallest absolute Gasteiger partial charge is 0.323 e. The second-order valence-electron chi connectivity index (χ2n) is 3.89. The van der Waals surface area contributed by atoms with Gasteiger partial charge in [0.05, 0.1) is 6.61 Å². The van der Waals surface area contributed by atoms with Gasteiger partial charge in [-0.15, -0.1) is 0 Å². The quantitative estimate of drug-likeness (QED) is 0.669. The molecule has 1 unspecified atom stereocenters. The van der Waals surface area contributed by atoms with Crippen molar-refractivity contribution >= 4 is 5.97 Å². The van der Waals surface area contributed by atoms with Crippen LogP contribution in [0.15, 0.2) is 30.3 Å². The van der Waals surface area contributed by atoms with Crippen LogP contribution in [-0.2, 0) is 16.0 Å². The van der Waals surface area contributed by atoms with Crippen molar-refractivity contribution in [1.82, 2.24) is 5.32 Å². The highest BCUT2D eigenvalue weighted by molar-refractivity contribution is 5.73. The second kappa shape index (κ2) is 7.81. The van der Waals surface area contributed by atoms with Crippen LogP contribution in [0.25, 0.3) is 0 Å². The Morgan fingerprint density at radius 1 is 1.41 bits per heavy atom. The summed E-state index contributed by atoms with van der Waals surface area (Å²) in [6, 6.07) is 9.53. The topological polar surface area (TPSA) is 58.6 Å². The first-order valence-corrected chi connectivity index (χ1v) is 5.73. The molecule has 4 nitrogen and oxygen atoms in total. The Bertz CT molecular complexity index is 327. The summed E-state index contributed by atoms with van der Waals surface area (Å²) in [4.78, 5) is 10.8. The van der Waals surface area contributed by atoms with Crippen molar-refractivity contribution in [2.24, 2.45) is 0 Å². The zero-order valence-electron chi connectivity index (χ0n) is 10.1. The molecule has 1 aromatic rings. The lowest BCUT2D eigenvalue weighted by Gasteiger charge is -2.13. The zero-order valence-corrected chi connectivity index (χ0v) is 10.1. The fourth-order valence-corrected chi connectivity index (χ4v) is 1.60. The molecule has 0 aromatic heterocycles. The Kier molecular flexibility index (Phi) is 6.29. The molecular formula is C13H19NO3. The molecule has 17 heavy (non-hydrogen) atoms. The maximum atomic E-state index is 10.8. The molecule has 0 saturated carbocycles. The Balaban J connectivity index is 2.20. The van der Waals surface area contributed by atoms with Gasteiger partial charge in [0.25, 0.3) is 0 Å². The van der Waals surface area contributed by atoms with Crippen LogP contribution in [0.3, 0.4) is 0 Å².